The number of carbonyl (C=O) groups excluding carboxylic acids is 1. The van der Waals surface area contributed by atoms with Crippen molar-refractivity contribution in [2.45, 2.75) is 44.7 Å². The molecule has 1 amide bonds. The summed E-state index contributed by atoms with van der Waals surface area (Å²) in [7, 11) is 0. The molecule has 0 radical (unpaired) electrons. The van der Waals surface area contributed by atoms with Crippen LogP contribution in [0.1, 0.15) is 40.9 Å². The fourth-order valence-electron chi connectivity index (χ4n) is 4.84. The lowest BCUT2D eigenvalue weighted by molar-refractivity contribution is 0.0571. The number of carbonyl (C=O) groups is 1. The standard InChI is InChI=1S/C20H24N2O2/c1-14-17(9-10-21-14)19(24)22-16-7-8-18(22)20(12-16,13-23)11-15-5-3-2-4-6-15/h2-6,9-10,16,18,21,23H,7-8,11-13H2,1H3/t16-,18+,20-/m0/s1. The molecule has 2 aromatic rings. The van der Waals surface area contributed by atoms with E-state index in [4.69, 9.17) is 0 Å². The van der Waals surface area contributed by atoms with E-state index in [1.165, 1.54) is 5.56 Å². The fourth-order valence-corrected chi connectivity index (χ4v) is 4.84. The molecule has 4 rings (SSSR count). The molecule has 0 unspecified atom stereocenters. The molecule has 2 aliphatic rings. The number of benzene rings is 1. The van der Waals surface area contributed by atoms with Gasteiger partial charge in [-0.1, -0.05) is 30.3 Å². The number of aromatic nitrogens is 1. The first kappa shape index (κ1) is 15.5. The molecule has 3 heterocycles. The van der Waals surface area contributed by atoms with Crippen LogP contribution in [0.25, 0.3) is 0 Å². The second-order valence-corrected chi connectivity index (χ2v) is 7.36. The number of fused-ring (bicyclic) bond motifs is 2. The van der Waals surface area contributed by atoms with Crippen LogP contribution in [0.15, 0.2) is 42.6 Å². The molecule has 126 valence electrons. The van der Waals surface area contributed by atoms with Crippen molar-refractivity contribution in [1.29, 1.82) is 0 Å². The van der Waals surface area contributed by atoms with Crippen LogP contribution < -0.4 is 0 Å². The molecular weight excluding hydrogens is 300 g/mol. The van der Waals surface area contributed by atoms with Gasteiger partial charge in [-0.15, -0.1) is 0 Å². The Bertz CT molecular complexity index is 739. The van der Waals surface area contributed by atoms with Gasteiger partial charge in [-0.05, 0) is 44.2 Å². The first-order chi connectivity index (χ1) is 11.6. The zero-order valence-electron chi connectivity index (χ0n) is 14.0. The van der Waals surface area contributed by atoms with Crippen LogP contribution in [0.4, 0.5) is 0 Å². The quantitative estimate of drug-likeness (QED) is 0.908. The number of aryl methyl sites for hydroxylation is 1. The summed E-state index contributed by atoms with van der Waals surface area (Å²) >= 11 is 0. The summed E-state index contributed by atoms with van der Waals surface area (Å²) < 4.78 is 0. The normalized spacial score (nSPS) is 28.5. The molecule has 3 atom stereocenters. The number of hydrogen-bond donors (Lipinski definition) is 2. The van der Waals surface area contributed by atoms with Gasteiger partial charge in [-0.3, -0.25) is 4.79 Å². The highest BCUT2D eigenvalue weighted by atomic mass is 16.3. The molecule has 2 saturated heterocycles. The van der Waals surface area contributed by atoms with Gasteiger partial charge in [0.1, 0.15) is 0 Å². The Hall–Kier alpha value is -2.07. The lowest BCUT2D eigenvalue weighted by Crippen LogP contribution is -2.44. The number of nitrogens with zero attached hydrogens (tertiary/aromatic N) is 1. The second-order valence-electron chi connectivity index (χ2n) is 7.36. The van der Waals surface area contributed by atoms with Crippen LogP contribution in [-0.4, -0.2) is 39.6 Å². The maximum Gasteiger partial charge on any atom is 0.256 e. The lowest BCUT2D eigenvalue weighted by Gasteiger charge is -2.36. The Morgan fingerprint density at radius 3 is 2.75 bits per heavy atom. The SMILES string of the molecule is Cc1[nH]ccc1C(=O)N1[C@H]2CC[C@@H]1[C@@](CO)(Cc1ccccc1)C2. The van der Waals surface area contributed by atoms with Crippen LogP contribution in [0.5, 0.6) is 0 Å². The lowest BCUT2D eigenvalue weighted by atomic mass is 9.70. The third kappa shape index (κ3) is 2.28. The Morgan fingerprint density at radius 1 is 1.29 bits per heavy atom. The van der Waals surface area contributed by atoms with Gasteiger partial charge in [-0.2, -0.15) is 0 Å². The Balaban J connectivity index is 1.63. The number of hydrogen-bond acceptors (Lipinski definition) is 2. The summed E-state index contributed by atoms with van der Waals surface area (Å²) in [5.41, 5.74) is 2.72. The van der Waals surface area contributed by atoms with Crippen molar-refractivity contribution in [3.8, 4) is 0 Å². The van der Waals surface area contributed by atoms with Gasteiger partial charge in [0.05, 0.1) is 12.2 Å². The molecule has 0 aliphatic carbocycles. The molecule has 2 fully saturated rings. The van der Waals surface area contributed by atoms with Gasteiger partial charge in [0.2, 0.25) is 0 Å². The van der Waals surface area contributed by atoms with Crippen molar-refractivity contribution in [2.75, 3.05) is 6.61 Å². The van der Waals surface area contributed by atoms with Crippen LogP contribution in [0.3, 0.4) is 0 Å². The topological polar surface area (TPSA) is 56.3 Å². The van der Waals surface area contributed by atoms with Crippen molar-refractivity contribution in [3.63, 3.8) is 0 Å². The first-order valence-corrected chi connectivity index (χ1v) is 8.76. The van der Waals surface area contributed by atoms with Crippen molar-refractivity contribution < 1.29 is 9.90 Å². The Morgan fingerprint density at radius 2 is 2.08 bits per heavy atom. The summed E-state index contributed by atoms with van der Waals surface area (Å²) in [6.45, 7) is 2.08. The van der Waals surface area contributed by atoms with Crippen LogP contribution in [0.2, 0.25) is 0 Å². The van der Waals surface area contributed by atoms with Gasteiger partial charge >= 0.3 is 0 Å². The predicted octanol–water partition coefficient (Wildman–Crippen LogP) is 2.92. The Kier molecular flexibility index (Phi) is 3.72. The molecule has 4 heteroatoms. The largest absolute Gasteiger partial charge is 0.396 e. The molecule has 1 aromatic heterocycles. The molecule has 2 bridgehead atoms. The molecule has 2 N–H and O–H groups in total. The highest BCUT2D eigenvalue weighted by Gasteiger charge is 2.57. The number of rotatable bonds is 4. The highest BCUT2D eigenvalue weighted by Crippen LogP contribution is 2.51. The number of aromatic amines is 1. The molecular formula is C20H24N2O2. The highest BCUT2D eigenvalue weighted by molar-refractivity contribution is 5.96. The van der Waals surface area contributed by atoms with Crippen LogP contribution in [0, 0.1) is 12.3 Å². The number of nitrogens with one attached hydrogen (secondary N) is 1. The Labute approximate surface area is 142 Å². The number of amides is 1. The zero-order chi connectivity index (χ0) is 16.7. The molecule has 2 aliphatic heterocycles. The van der Waals surface area contributed by atoms with Crippen molar-refractivity contribution in [1.82, 2.24) is 9.88 Å². The average molecular weight is 324 g/mol. The summed E-state index contributed by atoms with van der Waals surface area (Å²) in [6.07, 6.45) is 5.60. The van der Waals surface area contributed by atoms with E-state index in [-0.39, 0.29) is 30.0 Å². The summed E-state index contributed by atoms with van der Waals surface area (Å²) in [6, 6.07) is 12.6. The van der Waals surface area contributed by atoms with Crippen molar-refractivity contribution in [2.24, 2.45) is 5.41 Å². The molecule has 4 nitrogen and oxygen atoms in total. The summed E-state index contributed by atoms with van der Waals surface area (Å²) in [4.78, 5) is 18.2. The third-order valence-electron chi connectivity index (χ3n) is 5.98. The van der Waals surface area contributed by atoms with Gasteiger partial charge in [0, 0.05) is 29.4 Å². The maximum atomic E-state index is 13.1. The molecule has 0 spiro atoms. The zero-order valence-corrected chi connectivity index (χ0v) is 14.0. The maximum absolute atomic E-state index is 13.1. The predicted molar refractivity (Wildman–Crippen MR) is 92.8 cm³/mol. The number of H-pyrrole nitrogens is 1. The fraction of sp³-hybridized carbons (Fsp3) is 0.450. The minimum Gasteiger partial charge on any atom is -0.396 e. The van der Waals surface area contributed by atoms with E-state index in [0.717, 1.165) is 36.9 Å². The minimum absolute atomic E-state index is 0.115. The van der Waals surface area contributed by atoms with E-state index in [9.17, 15) is 9.90 Å². The van der Waals surface area contributed by atoms with Gasteiger partial charge in [-0.25, -0.2) is 0 Å². The number of aliphatic hydroxyl groups is 1. The van der Waals surface area contributed by atoms with Gasteiger partial charge < -0.3 is 15.0 Å². The second kappa shape index (κ2) is 5.78. The number of aliphatic hydroxyl groups excluding tert-OH is 1. The van der Waals surface area contributed by atoms with E-state index in [2.05, 4.69) is 22.0 Å². The average Bonchev–Trinajstić information content (AvgIpc) is 3.28. The third-order valence-corrected chi connectivity index (χ3v) is 5.98. The monoisotopic (exact) mass is 324 g/mol. The molecule has 1 aromatic carbocycles. The van der Waals surface area contributed by atoms with E-state index < -0.39 is 0 Å². The van der Waals surface area contributed by atoms with E-state index in [1.807, 2.05) is 37.4 Å². The van der Waals surface area contributed by atoms with E-state index in [0.29, 0.717) is 0 Å². The first-order valence-electron chi connectivity index (χ1n) is 8.76. The van der Waals surface area contributed by atoms with Gasteiger partial charge in [0.25, 0.3) is 5.91 Å². The molecule has 0 saturated carbocycles. The van der Waals surface area contributed by atoms with Crippen LogP contribution >= 0.6 is 0 Å². The summed E-state index contributed by atoms with van der Waals surface area (Å²) in [5.74, 6) is 0.115. The smallest absolute Gasteiger partial charge is 0.256 e. The van der Waals surface area contributed by atoms with E-state index >= 15 is 0 Å². The van der Waals surface area contributed by atoms with Gasteiger partial charge in [0.15, 0.2) is 0 Å². The summed E-state index contributed by atoms with van der Waals surface area (Å²) in [5, 5.41) is 10.2. The van der Waals surface area contributed by atoms with Crippen molar-refractivity contribution in [3.05, 3.63) is 59.4 Å². The minimum atomic E-state index is -0.204. The van der Waals surface area contributed by atoms with Crippen LogP contribution in [-0.2, 0) is 6.42 Å². The molecule has 24 heavy (non-hydrogen) atoms. The van der Waals surface area contributed by atoms with Crippen molar-refractivity contribution >= 4 is 5.91 Å². The van der Waals surface area contributed by atoms with E-state index in [1.54, 1.807) is 0 Å².